The average Bonchev–Trinajstić information content (AvgIpc) is 3.47. The zero-order chi connectivity index (χ0) is 18.8. The number of nitrogens with zero attached hydrogens (tertiary/aromatic N) is 1. The van der Waals surface area contributed by atoms with Crippen LogP contribution in [0.3, 0.4) is 0 Å². The van der Waals surface area contributed by atoms with Crippen LogP contribution < -0.4 is 9.46 Å². The summed E-state index contributed by atoms with van der Waals surface area (Å²) >= 11 is 0. The van der Waals surface area contributed by atoms with Gasteiger partial charge in [-0.25, -0.2) is 25.9 Å². The first-order valence-electron chi connectivity index (χ1n) is 9.05. The first-order chi connectivity index (χ1) is 12.3. The maximum Gasteiger partial charge on any atom is 0.244 e. The van der Waals surface area contributed by atoms with Crippen molar-refractivity contribution in [1.29, 1.82) is 0 Å². The molecule has 1 aliphatic heterocycles. The molecule has 0 aromatic heterocycles. The normalized spacial score (nSPS) is 20.2. The second-order valence-electron chi connectivity index (χ2n) is 6.82. The first kappa shape index (κ1) is 19.6. The largest absolute Gasteiger partial charge is 0.492 e. The maximum absolute atomic E-state index is 12.6. The molecule has 7 nitrogen and oxygen atoms in total. The summed E-state index contributed by atoms with van der Waals surface area (Å²) in [5.74, 6) is 0.475. The molecule has 1 aliphatic carbocycles. The van der Waals surface area contributed by atoms with Crippen molar-refractivity contribution in [3.05, 3.63) is 24.3 Å². The number of hydrogen-bond acceptors (Lipinski definition) is 5. The molecule has 0 atom stereocenters. The summed E-state index contributed by atoms with van der Waals surface area (Å²) in [6.07, 6.45) is 2.87. The lowest BCUT2D eigenvalue weighted by atomic mass is 9.99. The van der Waals surface area contributed by atoms with E-state index in [1.54, 1.807) is 29.4 Å². The highest BCUT2D eigenvalue weighted by atomic mass is 32.2. The Labute approximate surface area is 155 Å². The number of para-hydroxylation sites is 1. The third-order valence-electron chi connectivity index (χ3n) is 4.88. The van der Waals surface area contributed by atoms with Crippen molar-refractivity contribution in [2.24, 2.45) is 5.92 Å². The van der Waals surface area contributed by atoms with Crippen LogP contribution in [0.25, 0.3) is 0 Å². The summed E-state index contributed by atoms with van der Waals surface area (Å²) in [4.78, 5) is 0.135. The second kappa shape index (κ2) is 7.84. The minimum absolute atomic E-state index is 0.134. The van der Waals surface area contributed by atoms with Crippen LogP contribution in [0.5, 0.6) is 5.75 Å². The van der Waals surface area contributed by atoms with E-state index in [-0.39, 0.29) is 16.1 Å². The Hall–Kier alpha value is -1.16. The smallest absolute Gasteiger partial charge is 0.244 e. The van der Waals surface area contributed by atoms with Crippen molar-refractivity contribution in [1.82, 2.24) is 9.03 Å². The van der Waals surface area contributed by atoms with Gasteiger partial charge in [-0.2, -0.15) is 0 Å². The van der Waals surface area contributed by atoms with E-state index in [2.05, 4.69) is 4.72 Å². The van der Waals surface area contributed by atoms with Gasteiger partial charge in [-0.15, -0.1) is 0 Å². The van der Waals surface area contributed by atoms with E-state index in [1.165, 1.54) is 6.07 Å². The van der Waals surface area contributed by atoms with Crippen molar-refractivity contribution >= 4 is 20.0 Å². The van der Waals surface area contributed by atoms with Crippen LogP contribution >= 0.6 is 0 Å². The summed E-state index contributed by atoms with van der Waals surface area (Å²) in [6.45, 7) is 3.45. The molecule has 1 aromatic carbocycles. The quantitative estimate of drug-likeness (QED) is 0.712. The number of ether oxygens (including phenoxy) is 1. The second-order valence-corrected chi connectivity index (χ2v) is 10.8. The topological polar surface area (TPSA) is 92.8 Å². The molecule has 1 saturated carbocycles. The molecular weight excluding hydrogens is 376 g/mol. The zero-order valence-corrected chi connectivity index (χ0v) is 16.6. The van der Waals surface area contributed by atoms with Gasteiger partial charge in [-0.3, -0.25) is 0 Å². The molecule has 0 radical (unpaired) electrons. The summed E-state index contributed by atoms with van der Waals surface area (Å²) in [5, 5.41) is -0.187. The maximum atomic E-state index is 12.6. The Morgan fingerprint density at radius 2 is 1.73 bits per heavy atom. The molecule has 1 saturated heterocycles. The van der Waals surface area contributed by atoms with Crippen LogP contribution in [0.15, 0.2) is 29.2 Å². The van der Waals surface area contributed by atoms with Crippen molar-refractivity contribution in [3.63, 3.8) is 0 Å². The van der Waals surface area contributed by atoms with Gasteiger partial charge in [0.2, 0.25) is 20.0 Å². The fraction of sp³-hybridized carbons (Fsp3) is 0.647. The van der Waals surface area contributed by atoms with Gasteiger partial charge >= 0.3 is 0 Å². The highest BCUT2D eigenvalue weighted by molar-refractivity contribution is 7.90. The number of nitrogens with one attached hydrogen (secondary N) is 1. The fourth-order valence-electron chi connectivity index (χ4n) is 3.20. The van der Waals surface area contributed by atoms with Crippen LogP contribution in [0.4, 0.5) is 0 Å². The van der Waals surface area contributed by atoms with Gasteiger partial charge in [0, 0.05) is 19.6 Å². The van der Waals surface area contributed by atoms with Gasteiger partial charge in [0.1, 0.15) is 10.6 Å². The molecule has 0 bridgehead atoms. The first-order valence-corrected chi connectivity index (χ1v) is 12.0. The minimum Gasteiger partial charge on any atom is -0.492 e. The molecule has 26 heavy (non-hydrogen) atoms. The highest BCUT2D eigenvalue weighted by Crippen LogP contribution is 2.33. The van der Waals surface area contributed by atoms with E-state index in [9.17, 15) is 16.8 Å². The van der Waals surface area contributed by atoms with Gasteiger partial charge in [-0.05, 0) is 50.7 Å². The van der Waals surface area contributed by atoms with E-state index < -0.39 is 20.0 Å². The molecule has 3 rings (SSSR count). The zero-order valence-electron chi connectivity index (χ0n) is 14.9. The number of hydrogen-bond donors (Lipinski definition) is 1. The number of sulfonamides is 2. The highest BCUT2D eigenvalue weighted by Gasteiger charge is 2.41. The molecule has 0 amide bonds. The van der Waals surface area contributed by atoms with Gasteiger partial charge in [0.15, 0.2) is 0 Å². The Bertz CT molecular complexity index is 826. The lowest BCUT2D eigenvalue weighted by Crippen LogP contribution is -2.42. The van der Waals surface area contributed by atoms with Crippen LogP contribution in [-0.4, -0.2) is 52.6 Å². The molecule has 9 heteroatoms. The lowest BCUT2D eigenvalue weighted by molar-refractivity contribution is 0.274. The number of piperidine rings is 1. The van der Waals surface area contributed by atoms with Crippen LogP contribution in [0.1, 0.15) is 32.6 Å². The number of benzene rings is 1. The molecule has 2 fully saturated rings. The van der Waals surface area contributed by atoms with Crippen molar-refractivity contribution in [3.8, 4) is 5.75 Å². The van der Waals surface area contributed by atoms with Gasteiger partial charge < -0.3 is 4.74 Å². The lowest BCUT2D eigenvalue weighted by Gasteiger charge is -2.31. The summed E-state index contributed by atoms with van der Waals surface area (Å²) in [6, 6.07) is 6.57. The van der Waals surface area contributed by atoms with E-state index in [0.717, 1.165) is 12.8 Å². The van der Waals surface area contributed by atoms with Gasteiger partial charge in [0.25, 0.3) is 0 Å². The Kier molecular flexibility index (Phi) is 5.91. The van der Waals surface area contributed by atoms with Gasteiger partial charge in [0.05, 0.1) is 11.9 Å². The minimum atomic E-state index is -3.66. The molecule has 1 heterocycles. The Balaban J connectivity index is 1.56. The third-order valence-corrected chi connectivity index (χ3v) is 8.74. The third kappa shape index (κ3) is 4.39. The average molecular weight is 403 g/mol. The van der Waals surface area contributed by atoms with Crippen LogP contribution in [-0.2, 0) is 20.0 Å². The van der Waals surface area contributed by atoms with E-state index in [0.29, 0.717) is 44.8 Å². The van der Waals surface area contributed by atoms with E-state index in [1.807, 2.05) is 0 Å². The Morgan fingerprint density at radius 1 is 1.08 bits per heavy atom. The molecule has 2 aliphatic rings. The molecule has 1 aromatic rings. The predicted molar refractivity (Wildman–Crippen MR) is 99.0 cm³/mol. The standard InChI is InChI=1S/C17H26N2O5S2/c1-2-24-16-5-3-4-6-17(16)25(20,21)18-13-14-9-11-19(12-10-14)26(22,23)15-7-8-15/h3-6,14-15,18H,2,7-13H2,1H3. The van der Waals surface area contributed by atoms with Gasteiger partial charge in [-0.1, -0.05) is 12.1 Å². The summed E-state index contributed by atoms with van der Waals surface area (Å²) in [5.41, 5.74) is 0. The SMILES string of the molecule is CCOc1ccccc1S(=O)(=O)NCC1CCN(S(=O)(=O)C2CC2)CC1. The predicted octanol–water partition coefficient (Wildman–Crippen LogP) is 1.57. The molecule has 1 N–H and O–H groups in total. The van der Waals surface area contributed by atoms with Crippen molar-refractivity contribution in [2.75, 3.05) is 26.2 Å². The number of rotatable bonds is 8. The summed E-state index contributed by atoms with van der Waals surface area (Å²) in [7, 11) is -6.80. The van der Waals surface area contributed by atoms with Crippen LogP contribution in [0.2, 0.25) is 0 Å². The molecular formula is C17H26N2O5S2. The molecule has 0 spiro atoms. The van der Waals surface area contributed by atoms with Crippen LogP contribution in [0, 0.1) is 5.92 Å². The fourth-order valence-corrected chi connectivity index (χ4v) is 6.33. The monoisotopic (exact) mass is 402 g/mol. The summed E-state index contributed by atoms with van der Waals surface area (Å²) < 4.78 is 59.3. The van der Waals surface area contributed by atoms with E-state index >= 15 is 0 Å². The molecule has 146 valence electrons. The van der Waals surface area contributed by atoms with Crippen molar-refractivity contribution in [2.45, 2.75) is 42.8 Å². The van der Waals surface area contributed by atoms with E-state index in [4.69, 9.17) is 4.74 Å². The molecule has 0 unspecified atom stereocenters. The van der Waals surface area contributed by atoms with Crippen molar-refractivity contribution < 1.29 is 21.6 Å². The Morgan fingerprint density at radius 3 is 2.35 bits per heavy atom.